The molecule has 0 aliphatic carbocycles. The number of aromatic nitrogens is 1. The number of nitrogens with zero attached hydrogens (tertiary/aromatic N) is 2. The smallest absolute Gasteiger partial charge is 0.416 e. The molecule has 0 spiro atoms. The maximum Gasteiger partial charge on any atom is 0.416 e. The topological polar surface area (TPSA) is 106 Å². The van der Waals surface area contributed by atoms with Gasteiger partial charge in [-0.25, -0.2) is 13.2 Å². The minimum Gasteiger partial charge on any atom is -0.467 e. The Labute approximate surface area is 233 Å². The number of aliphatic hydroxyl groups excluding tert-OH is 1. The van der Waals surface area contributed by atoms with E-state index in [2.05, 4.69) is 0 Å². The molecule has 0 bridgehead atoms. The number of benzene rings is 3. The van der Waals surface area contributed by atoms with Crippen molar-refractivity contribution in [1.82, 2.24) is 8.87 Å². The summed E-state index contributed by atoms with van der Waals surface area (Å²) in [5.74, 6) is -0.921. The number of esters is 1. The number of hydrogen-bond donors (Lipinski definition) is 1. The largest absolute Gasteiger partial charge is 0.467 e. The predicted molar refractivity (Wildman–Crippen MR) is 145 cm³/mol. The summed E-state index contributed by atoms with van der Waals surface area (Å²) in [4.78, 5) is 26.7. The van der Waals surface area contributed by atoms with Gasteiger partial charge in [-0.2, -0.15) is 17.5 Å². The van der Waals surface area contributed by atoms with Gasteiger partial charge < -0.3 is 9.84 Å². The fraction of sp³-hybridized carbons (Fsp3) is 0.241. The van der Waals surface area contributed by atoms with Gasteiger partial charge in [0.1, 0.15) is 6.04 Å². The second-order valence-corrected chi connectivity index (χ2v) is 11.6. The number of methoxy groups -OCH3 is 1. The molecule has 4 aromatic rings. The fourth-order valence-electron chi connectivity index (χ4n) is 5.33. The lowest BCUT2D eigenvalue weighted by molar-refractivity contribution is -0.145. The van der Waals surface area contributed by atoms with Crippen molar-refractivity contribution in [3.8, 4) is 11.1 Å². The standard InChI is InChI=1S/C29H25F3N2O6S/c1-33-15-24(28(37)40-2)34-26(36)23(16-35)22(14-18-9-5-8-17-7-3-4-12-21(17)18)25(27(34)41(33,38)39)19-10-6-11-20(13-19)29(30,31)32/h3-13,24,35H,14-16H2,1-2H3. The number of hydrogen-bond acceptors (Lipinski definition) is 6. The molecule has 1 aliphatic heterocycles. The van der Waals surface area contributed by atoms with E-state index in [-0.39, 0.29) is 28.7 Å². The Morgan fingerprint density at radius 3 is 2.41 bits per heavy atom. The van der Waals surface area contributed by atoms with Crippen molar-refractivity contribution in [1.29, 1.82) is 0 Å². The van der Waals surface area contributed by atoms with Crippen LogP contribution in [0.25, 0.3) is 21.9 Å². The van der Waals surface area contributed by atoms with Crippen LogP contribution in [0.1, 0.15) is 28.3 Å². The van der Waals surface area contributed by atoms with Crippen molar-refractivity contribution in [2.45, 2.75) is 30.3 Å². The quantitative estimate of drug-likeness (QED) is 0.353. The summed E-state index contributed by atoms with van der Waals surface area (Å²) in [5, 5.41) is 11.4. The van der Waals surface area contributed by atoms with Crippen molar-refractivity contribution >= 4 is 26.8 Å². The molecule has 1 atom stereocenters. The van der Waals surface area contributed by atoms with Gasteiger partial charge in [0.15, 0.2) is 5.03 Å². The van der Waals surface area contributed by atoms with E-state index in [1.165, 1.54) is 13.1 Å². The van der Waals surface area contributed by atoms with E-state index in [1.54, 1.807) is 18.2 Å². The highest BCUT2D eigenvalue weighted by Crippen LogP contribution is 2.41. The average molecular weight is 587 g/mol. The van der Waals surface area contributed by atoms with E-state index < -0.39 is 57.5 Å². The molecule has 1 N–H and O–H groups in total. The van der Waals surface area contributed by atoms with Gasteiger partial charge in [0.05, 0.1) is 19.3 Å². The predicted octanol–water partition coefficient (Wildman–Crippen LogP) is 4.12. The van der Waals surface area contributed by atoms with Crippen LogP contribution < -0.4 is 5.56 Å². The Morgan fingerprint density at radius 2 is 1.73 bits per heavy atom. The summed E-state index contributed by atoms with van der Waals surface area (Å²) in [6, 6.07) is 15.4. The first-order valence-electron chi connectivity index (χ1n) is 12.5. The Hall–Kier alpha value is -4.00. The van der Waals surface area contributed by atoms with E-state index in [4.69, 9.17) is 4.74 Å². The van der Waals surface area contributed by atoms with Crippen molar-refractivity contribution in [3.63, 3.8) is 0 Å². The minimum atomic E-state index is -4.75. The van der Waals surface area contributed by atoms with Crippen LogP contribution in [0.3, 0.4) is 0 Å². The highest BCUT2D eigenvalue weighted by molar-refractivity contribution is 7.89. The van der Waals surface area contributed by atoms with E-state index >= 15 is 0 Å². The van der Waals surface area contributed by atoms with Gasteiger partial charge in [-0.3, -0.25) is 9.36 Å². The molecule has 1 aromatic heterocycles. The van der Waals surface area contributed by atoms with Crippen LogP contribution in [0.15, 0.2) is 76.6 Å². The zero-order valence-corrected chi connectivity index (χ0v) is 22.8. The van der Waals surface area contributed by atoms with Gasteiger partial charge in [0, 0.05) is 24.7 Å². The number of likely N-dealkylation sites (N-methyl/N-ethyl adjacent to an activating group) is 1. The Balaban J connectivity index is 1.95. The molecule has 41 heavy (non-hydrogen) atoms. The molecular formula is C29H25F3N2O6S. The summed E-state index contributed by atoms with van der Waals surface area (Å²) in [5.41, 5.74) is -1.86. The highest BCUT2D eigenvalue weighted by atomic mass is 32.2. The van der Waals surface area contributed by atoms with Crippen LogP contribution >= 0.6 is 0 Å². The number of carbonyl (C=O) groups excluding carboxylic acids is 1. The molecule has 0 fully saturated rings. The molecular weight excluding hydrogens is 561 g/mol. The lowest BCUT2D eigenvalue weighted by Crippen LogP contribution is -2.49. The monoisotopic (exact) mass is 586 g/mol. The third kappa shape index (κ3) is 4.81. The zero-order valence-electron chi connectivity index (χ0n) is 22.0. The molecule has 0 amide bonds. The van der Waals surface area contributed by atoms with Gasteiger partial charge in [-0.1, -0.05) is 54.6 Å². The number of fused-ring (bicyclic) bond motifs is 2. The van der Waals surface area contributed by atoms with Crippen LogP contribution in [-0.2, 0) is 38.8 Å². The Bertz CT molecular complexity index is 1840. The number of sulfonamides is 1. The van der Waals surface area contributed by atoms with Crippen LogP contribution in [0.4, 0.5) is 13.2 Å². The molecule has 12 heteroatoms. The summed E-state index contributed by atoms with van der Waals surface area (Å²) in [6.07, 6.45) is -4.84. The fourth-order valence-corrected chi connectivity index (χ4v) is 6.92. The number of halogens is 3. The molecule has 0 radical (unpaired) electrons. The molecule has 5 rings (SSSR count). The molecule has 0 saturated heterocycles. The number of ether oxygens (including phenoxy) is 1. The second kappa shape index (κ2) is 10.4. The molecule has 214 valence electrons. The maximum absolute atomic E-state index is 13.9. The number of alkyl halides is 3. The molecule has 2 heterocycles. The van der Waals surface area contributed by atoms with Crippen LogP contribution in [0.2, 0.25) is 0 Å². The first kappa shape index (κ1) is 28.5. The van der Waals surface area contributed by atoms with Gasteiger partial charge in [0.25, 0.3) is 15.6 Å². The summed E-state index contributed by atoms with van der Waals surface area (Å²) in [7, 11) is -2.22. The van der Waals surface area contributed by atoms with E-state index in [0.29, 0.717) is 5.56 Å². The second-order valence-electron chi connectivity index (χ2n) is 9.69. The SMILES string of the molecule is COC(=O)C1CN(C)S(=O)(=O)c2c(-c3cccc(C(F)(F)F)c3)c(Cc3cccc4ccccc34)c(CO)c(=O)n21. The summed E-state index contributed by atoms with van der Waals surface area (Å²) >= 11 is 0. The molecule has 8 nitrogen and oxygen atoms in total. The average Bonchev–Trinajstić information content (AvgIpc) is 2.94. The number of aliphatic hydroxyl groups is 1. The first-order valence-corrected chi connectivity index (χ1v) is 13.9. The van der Waals surface area contributed by atoms with Crippen LogP contribution in [-0.4, -0.2) is 49.1 Å². The molecule has 1 aliphatic rings. The Morgan fingerprint density at radius 1 is 1.05 bits per heavy atom. The zero-order chi connectivity index (χ0) is 29.7. The third-order valence-corrected chi connectivity index (χ3v) is 9.19. The Kier molecular flexibility index (Phi) is 7.26. The van der Waals surface area contributed by atoms with E-state index in [9.17, 15) is 36.3 Å². The molecule has 0 saturated carbocycles. The lowest BCUT2D eigenvalue weighted by Gasteiger charge is -2.34. The number of rotatable bonds is 5. The first-order chi connectivity index (χ1) is 19.4. The van der Waals surface area contributed by atoms with E-state index in [0.717, 1.165) is 45.0 Å². The molecule has 3 aromatic carbocycles. The third-order valence-electron chi connectivity index (χ3n) is 7.33. The highest BCUT2D eigenvalue weighted by Gasteiger charge is 2.43. The van der Waals surface area contributed by atoms with Crippen molar-refractivity contribution in [3.05, 3.63) is 99.3 Å². The number of pyridine rings is 1. The van der Waals surface area contributed by atoms with Gasteiger partial charge in [-0.15, -0.1) is 0 Å². The summed E-state index contributed by atoms with van der Waals surface area (Å²) < 4.78 is 75.5. The van der Waals surface area contributed by atoms with E-state index in [1.807, 2.05) is 24.3 Å². The van der Waals surface area contributed by atoms with Crippen LogP contribution in [0, 0.1) is 0 Å². The van der Waals surface area contributed by atoms with Crippen molar-refractivity contribution in [2.75, 3.05) is 20.7 Å². The van der Waals surface area contributed by atoms with Gasteiger partial charge in [0.2, 0.25) is 0 Å². The molecule has 1 unspecified atom stereocenters. The minimum absolute atomic E-state index is 0.0434. The normalized spacial score (nSPS) is 16.9. The van der Waals surface area contributed by atoms with Crippen molar-refractivity contribution in [2.24, 2.45) is 0 Å². The van der Waals surface area contributed by atoms with Gasteiger partial charge >= 0.3 is 12.1 Å². The lowest BCUT2D eigenvalue weighted by atomic mass is 9.90. The summed E-state index contributed by atoms with van der Waals surface area (Å²) in [6.45, 7) is -1.30. The van der Waals surface area contributed by atoms with Crippen LogP contribution in [0.5, 0.6) is 0 Å². The number of carbonyl (C=O) groups is 1. The maximum atomic E-state index is 13.9. The van der Waals surface area contributed by atoms with Crippen molar-refractivity contribution < 1.29 is 36.2 Å². The van der Waals surface area contributed by atoms with Gasteiger partial charge in [-0.05, 0) is 46.0 Å².